The van der Waals surface area contributed by atoms with Gasteiger partial charge in [-0.1, -0.05) is 29.8 Å². The predicted molar refractivity (Wildman–Crippen MR) is 83.3 cm³/mol. The lowest BCUT2D eigenvalue weighted by Gasteiger charge is -2.03. The SMILES string of the molecule is O=C(/C=C/c1c(Cl)nc2sccn12)OCc1ccccc1F. The topological polar surface area (TPSA) is 43.6 Å². The van der Waals surface area contributed by atoms with Crippen molar-refractivity contribution in [1.29, 1.82) is 0 Å². The molecule has 0 saturated heterocycles. The predicted octanol–water partition coefficient (Wildman–Crippen LogP) is 3.94. The molecule has 0 saturated carbocycles. The molecule has 112 valence electrons. The summed E-state index contributed by atoms with van der Waals surface area (Å²) >= 11 is 7.45. The number of hydrogen-bond acceptors (Lipinski definition) is 4. The number of halogens is 2. The third-order valence-electron chi connectivity index (χ3n) is 2.96. The number of fused-ring (bicyclic) bond motifs is 1. The first-order valence-corrected chi connectivity index (χ1v) is 7.60. The van der Waals surface area contributed by atoms with E-state index in [0.717, 1.165) is 4.96 Å². The number of imidazole rings is 1. The highest BCUT2D eigenvalue weighted by Crippen LogP contribution is 2.22. The van der Waals surface area contributed by atoms with Gasteiger partial charge in [0.25, 0.3) is 0 Å². The molecule has 1 aromatic carbocycles. The highest BCUT2D eigenvalue weighted by Gasteiger charge is 2.09. The van der Waals surface area contributed by atoms with Gasteiger partial charge in [-0.05, 0) is 12.1 Å². The zero-order valence-corrected chi connectivity index (χ0v) is 12.8. The number of esters is 1. The van der Waals surface area contributed by atoms with Crippen molar-refractivity contribution in [3.63, 3.8) is 0 Å². The van der Waals surface area contributed by atoms with Gasteiger partial charge in [0.05, 0.1) is 5.69 Å². The number of nitrogens with zero attached hydrogens (tertiary/aromatic N) is 2. The standard InChI is InChI=1S/C15H10ClFN2O2S/c16-14-12(19-7-8-22-15(19)18-14)5-6-13(20)21-9-10-3-1-2-4-11(10)17/h1-8H,9H2/b6-5+. The maximum atomic E-state index is 13.4. The Balaban J connectivity index is 1.68. The smallest absolute Gasteiger partial charge is 0.331 e. The van der Waals surface area contributed by atoms with Crippen LogP contribution in [0.25, 0.3) is 11.0 Å². The molecule has 0 fully saturated rings. The zero-order chi connectivity index (χ0) is 15.5. The molecular weight excluding hydrogens is 327 g/mol. The minimum atomic E-state index is -0.579. The van der Waals surface area contributed by atoms with Crippen LogP contribution in [0.3, 0.4) is 0 Å². The summed E-state index contributed by atoms with van der Waals surface area (Å²) in [5.74, 6) is -0.984. The zero-order valence-electron chi connectivity index (χ0n) is 11.2. The second kappa shape index (κ2) is 6.29. The molecule has 0 aliphatic heterocycles. The first-order chi connectivity index (χ1) is 10.6. The summed E-state index contributed by atoms with van der Waals surface area (Å²) in [7, 11) is 0. The molecule has 3 aromatic rings. The second-order valence-electron chi connectivity index (χ2n) is 4.38. The van der Waals surface area contributed by atoms with Crippen LogP contribution in [0.15, 0.2) is 41.9 Å². The van der Waals surface area contributed by atoms with Gasteiger partial charge >= 0.3 is 5.97 Å². The summed E-state index contributed by atoms with van der Waals surface area (Å²) in [5, 5.41) is 2.18. The minimum Gasteiger partial charge on any atom is -0.458 e. The fourth-order valence-electron chi connectivity index (χ4n) is 1.89. The number of aromatic nitrogens is 2. The Morgan fingerprint density at radius 1 is 1.45 bits per heavy atom. The molecule has 0 aliphatic carbocycles. The summed E-state index contributed by atoms with van der Waals surface area (Å²) in [6.07, 6.45) is 4.58. The monoisotopic (exact) mass is 336 g/mol. The average Bonchev–Trinajstić information content (AvgIpc) is 3.05. The van der Waals surface area contributed by atoms with Crippen molar-refractivity contribution in [2.45, 2.75) is 6.61 Å². The Kier molecular flexibility index (Phi) is 4.22. The second-order valence-corrected chi connectivity index (χ2v) is 5.61. The molecule has 0 N–H and O–H groups in total. The van der Waals surface area contributed by atoms with Crippen LogP contribution in [-0.4, -0.2) is 15.4 Å². The molecule has 4 nitrogen and oxygen atoms in total. The molecule has 7 heteroatoms. The van der Waals surface area contributed by atoms with Gasteiger partial charge in [-0.3, -0.25) is 4.40 Å². The van der Waals surface area contributed by atoms with Gasteiger partial charge in [0.2, 0.25) is 0 Å². The van der Waals surface area contributed by atoms with Gasteiger partial charge in [0.1, 0.15) is 12.4 Å². The summed E-state index contributed by atoms with van der Waals surface area (Å²) < 4.78 is 20.2. The van der Waals surface area contributed by atoms with E-state index in [4.69, 9.17) is 16.3 Å². The maximum Gasteiger partial charge on any atom is 0.331 e. The van der Waals surface area contributed by atoms with E-state index in [2.05, 4.69) is 4.98 Å². The lowest BCUT2D eigenvalue weighted by molar-refractivity contribution is -0.138. The highest BCUT2D eigenvalue weighted by molar-refractivity contribution is 7.15. The van der Waals surface area contributed by atoms with E-state index in [-0.39, 0.29) is 6.61 Å². The van der Waals surface area contributed by atoms with E-state index in [1.54, 1.807) is 22.6 Å². The molecule has 0 amide bonds. The molecule has 0 radical (unpaired) electrons. The molecule has 0 atom stereocenters. The van der Waals surface area contributed by atoms with Crippen LogP contribution in [0.1, 0.15) is 11.3 Å². The van der Waals surface area contributed by atoms with Crippen LogP contribution < -0.4 is 0 Å². The van der Waals surface area contributed by atoms with Crippen LogP contribution in [0.4, 0.5) is 4.39 Å². The van der Waals surface area contributed by atoms with E-state index >= 15 is 0 Å². The Labute approximate surface area is 134 Å². The quantitative estimate of drug-likeness (QED) is 0.535. The number of hydrogen-bond donors (Lipinski definition) is 0. The third kappa shape index (κ3) is 3.03. The van der Waals surface area contributed by atoms with E-state index in [9.17, 15) is 9.18 Å². The summed E-state index contributed by atoms with van der Waals surface area (Å²) in [4.78, 5) is 16.6. The number of thiazole rings is 1. The molecular formula is C15H10ClFN2O2S. The Morgan fingerprint density at radius 3 is 3.09 bits per heavy atom. The van der Waals surface area contributed by atoms with Crippen molar-refractivity contribution < 1.29 is 13.9 Å². The number of rotatable bonds is 4. The normalized spacial score (nSPS) is 11.4. The largest absolute Gasteiger partial charge is 0.458 e. The first-order valence-electron chi connectivity index (χ1n) is 6.34. The molecule has 2 heterocycles. The number of carbonyl (C=O) groups excluding carboxylic acids is 1. The van der Waals surface area contributed by atoms with E-state index < -0.39 is 11.8 Å². The number of carbonyl (C=O) groups is 1. The van der Waals surface area contributed by atoms with Crippen LogP contribution in [0, 0.1) is 5.82 Å². The fraction of sp³-hybridized carbons (Fsp3) is 0.0667. The van der Waals surface area contributed by atoms with Crippen molar-refractivity contribution in [1.82, 2.24) is 9.38 Å². The highest BCUT2D eigenvalue weighted by atomic mass is 35.5. The van der Waals surface area contributed by atoms with Crippen molar-refractivity contribution in [2.24, 2.45) is 0 Å². The molecule has 0 unspecified atom stereocenters. The molecule has 3 rings (SSSR count). The van der Waals surface area contributed by atoms with Crippen LogP contribution >= 0.6 is 22.9 Å². The van der Waals surface area contributed by atoms with Crippen molar-refractivity contribution >= 4 is 39.9 Å². The van der Waals surface area contributed by atoms with Gasteiger partial charge < -0.3 is 4.74 Å². The molecule has 0 bridgehead atoms. The number of ether oxygens (including phenoxy) is 1. The Hall–Kier alpha value is -2.18. The van der Waals surface area contributed by atoms with Crippen molar-refractivity contribution in [2.75, 3.05) is 0 Å². The first kappa shape index (κ1) is 14.7. The van der Waals surface area contributed by atoms with Gasteiger partial charge in [-0.2, -0.15) is 0 Å². The fourth-order valence-corrected chi connectivity index (χ4v) is 2.89. The lowest BCUT2D eigenvalue weighted by Crippen LogP contribution is -2.02. The van der Waals surface area contributed by atoms with Gasteiger partial charge in [-0.15, -0.1) is 11.3 Å². The van der Waals surface area contributed by atoms with E-state index in [0.29, 0.717) is 16.4 Å². The molecule has 22 heavy (non-hydrogen) atoms. The van der Waals surface area contributed by atoms with Crippen LogP contribution in [-0.2, 0) is 16.1 Å². The van der Waals surface area contributed by atoms with E-state index in [1.807, 2.05) is 11.6 Å². The molecule has 0 spiro atoms. The average molecular weight is 337 g/mol. The van der Waals surface area contributed by atoms with Crippen molar-refractivity contribution in [3.05, 3.63) is 64.1 Å². The molecule has 0 aliphatic rings. The number of benzene rings is 1. The van der Waals surface area contributed by atoms with Crippen molar-refractivity contribution in [3.8, 4) is 0 Å². The van der Waals surface area contributed by atoms with Gasteiger partial charge in [0.15, 0.2) is 10.1 Å². The van der Waals surface area contributed by atoms with Crippen LogP contribution in [0.5, 0.6) is 0 Å². The summed E-state index contributed by atoms with van der Waals surface area (Å²) in [6.45, 7) is -0.121. The minimum absolute atomic E-state index is 0.121. The summed E-state index contributed by atoms with van der Waals surface area (Å²) in [6, 6.07) is 6.14. The molecule has 2 aromatic heterocycles. The Morgan fingerprint density at radius 2 is 2.27 bits per heavy atom. The van der Waals surface area contributed by atoms with E-state index in [1.165, 1.54) is 29.6 Å². The Bertz CT molecular complexity index is 856. The van der Waals surface area contributed by atoms with Gasteiger partial charge in [-0.25, -0.2) is 14.2 Å². The third-order valence-corrected chi connectivity index (χ3v) is 3.99. The van der Waals surface area contributed by atoms with Crippen LogP contribution in [0.2, 0.25) is 5.15 Å². The van der Waals surface area contributed by atoms with Gasteiger partial charge in [0, 0.05) is 23.2 Å². The summed E-state index contributed by atoms with van der Waals surface area (Å²) in [5.41, 5.74) is 0.924. The maximum absolute atomic E-state index is 13.4. The lowest BCUT2D eigenvalue weighted by atomic mass is 10.2.